The van der Waals surface area contributed by atoms with Crippen LogP contribution in [0.15, 0.2) is 51.8 Å². The van der Waals surface area contributed by atoms with E-state index >= 15 is 0 Å². The van der Waals surface area contributed by atoms with Crippen LogP contribution >= 0.6 is 0 Å². The third-order valence-electron chi connectivity index (χ3n) is 4.73. The standard InChI is InChI=1S/C21H25N3O4S/c1-15-7-4-8-16(2)21(15)28-14-20(25)22-17-9-5-10-18(13-17)29(26,27)23-19-11-6-12-24(19)3/h4-5,7-10,13H,6,11-12,14H2,1-3H3,(H,22,25). The van der Waals surface area contributed by atoms with Crippen molar-refractivity contribution in [2.24, 2.45) is 4.40 Å². The Morgan fingerprint density at radius 1 is 1.17 bits per heavy atom. The van der Waals surface area contributed by atoms with Gasteiger partial charge in [0.1, 0.15) is 11.6 Å². The number of hydrogen-bond donors (Lipinski definition) is 1. The summed E-state index contributed by atoms with van der Waals surface area (Å²) < 4.78 is 34.8. The lowest BCUT2D eigenvalue weighted by Gasteiger charge is -2.13. The molecule has 0 saturated carbocycles. The molecule has 0 aromatic heterocycles. The molecule has 8 heteroatoms. The highest BCUT2D eigenvalue weighted by atomic mass is 32.2. The van der Waals surface area contributed by atoms with Crippen LogP contribution in [0.2, 0.25) is 0 Å². The Labute approximate surface area is 171 Å². The number of ether oxygens (including phenoxy) is 1. The lowest BCUT2D eigenvalue weighted by Crippen LogP contribution is -2.21. The van der Waals surface area contributed by atoms with E-state index in [0.717, 1.165) is 24.1 Å². The molecule has 0 unspecified atom stereocenters. The van der Waals surface area contributed by atoms with Crippen LogP contribution in [0.1, 0.15) is 24.0 Å². The van der Waals surface area contributed by atoms with Crippen molar-refractivity contribution in [1.29, 1.82) is 0 Å². The number of rotatable bonds is 6. The van der Waals surface area contributed by atoms with Crippen molar-refractivity contribution in [1.82, 2.24) is 4.90 Å². The average Bonchev–Trinajstić information content (AvgIpc) is 3.05. The lowest BCUT2D eigenvalue weighted by molar-refractivity contribution is -0.118. The van der Waals surface area contributed by atoms with Crippen LogP contribution in [0.25, 0.3) is 0 Å². The third-order valence-corrected chi connectivity index (χ3v) is 6.03. The fourth-order valence-corrected chi connectivity index (χ4v) is 4.34. The molecule has 1 heterocycles. The van der Waals surface area contributed by atoms with Crippen LogP contribution in [0.4, 0.5) is 5.69 Å². The van der Waals surface area contributed by atoms with E-state index in [4.69, 9.17) is 4.74 Å². The van der Waals surface area contributed by atoms with Gasteiger partial charge in [-0.2, -0.15) is 8.42 Å². The smallest absolute Gasteiger partial charge is 0.284 e. The second kappa shape index (κ2) is 8.65. The SMILES string of the molecule is Cc1cccc(C)c1OCC(=O)Nc1cccc(S(=O)(=O)N=C2CCCN2C)c1. The number of nitrogens with one attached hydrogen (secondary N) is 1. The molecular formula is C21H25N3O4S. The molecule has 1 aliphatic rings. The Hall–Kier alpha value is -2.87. The van der Waals surface area contributed by atoms with Crippen LogP contribution in [0.5, 0.6) is 5.75 Å². The number of anilines is 1. The molecule has 0 radical (unpaired) electrons. The number of carbonyl (C=O) groups is 1. The first-order chi connectivity index (χ1) is 13.8. The zero-order chi connectivity index (χ0) is 21.0. The number of amidine groups is 1. The number of benzene rings is 2. The van der Waals surface area contributed by atoms with E-state index in [1.165, 1.54) is 12.1 Å². The number of para-hydroxylation sites is 1. The molecule has 1 N–H and O–H groups in total. The summed E-state index contributed by atoms with van der Waals surface area (Å²) in [6.45, 7) is 4.45. The molecule has 2 aromatic carbocycles. The predicted octanol–water partition coefficient (Wildman–Crippen LogP) is 3.13. The molecule has 1 amide bonds. The number of hydrogen-bond acceptors (Lipinski definition) is 4. The summed E-state index contributed by atoms with van der Waals surface area (Å²) in [4.78, 5) is 14.2. The first kappa shape index (κ1) is 20.9. The lowest BCUT2D eigenvalue weighted by atomic mass is 10.1. The molecule has 0 spiro atoms. The van der Waals surface area contributed by atoms with Gasteiger partial charge in [-0.3, -0.25) is 4.79 Å². The van der Waals surface area contributed by atoms with E-state index in [1.54, 1.807) is 12.1 Å². The topological polar surface area (TPSA) is 88.1 Å². The molecule has 0 atom stereocenters. The van der Waals surface area contributed by atoms with Crippen molar-refractivity contribution in [3.05, 3.63) is 53.6 Å². The molecule has 0 bridgehead atoms. The Morgan fingerprint density at radius 2 is 1.86 bits per heavy atom. The number of nitrogens with zero attached hydrogens (tertiary/aromatic N) is 2. The number of amides is 1. The zero-order valence-corrected chi connectivity index (χ0v) is 17.6. The Morgan fingerprint density at radius 3 is 2.52 bits per heavy atom. The summed E-state index contributed by atoms with van der Waals surface area (Å²) in [6.07, 6.45) is 1.53. The van der Waals surface area contributed by atoms with Crippen molar-refractivity contribution in [2.75, 3.05) is 25.5 Å². The van der Waals surface area contributed by atoms with Crippen LogP contribution in [0.3, 0.4) is 0 Å². The number of sulfonamides is 1. The van der Waals surface area contributed by atoms with Crippen molar-refractivity contribution < 1.29 is 17.9 Å². The van der Waals surface area contributed by atoms with Crippen molar-refractivity contribution in [3.63, 3.8) is 0 Å². The van der Waals surface area contributed by atoms with E-state index in [0.29, 0.717) is 23.7 Å². The average molecular weight is 416 g/mol. The monoisotopic (exact) mass is 415 g/mol. The minimum absolute atomic E-state index is 0.0405. The maximum absolute atomic E-state index is 12.6. The largest absolute Gasteiger partial charge is 0.483 e. The van der Waals surface area contributed by atoms with E-state index in [2.05, 4.69) is 9.71 Å². The molecule has 1 saturated heterocycles. The van der Waals surface area contributed by atoms with Gasteiger partial charge in [-0.25, -0.2) is 0 Å². The predicted molar refractivity (Wildman–Crippen MR) is 113 cm³/mol. The van der Waals surface area contributed by atoms with Gasteiger partial charge in [0.15, 0.2) is 6.61 Å². The van der Waals surface area contributed by atoms with Crippen LogP contribution < -0.4 is 10.1 Å². The Balaban J connectivity index is 1.69. The van der Waals surface area contributed by atoms with Gasteiger partial charge in [-0.15, -0.1) is 4.40 Å². The highest BCUT2D eigenvalue weighted by Gasteiger charge is 2.20. The second-order valence-electron chi connectivity index (χ2n) is 7.09. The summed E-state index contributed by atoms with van der Waals surface area (Å²) in [5, 5.41) is 2.68. The van der Waals surface area contributed by atoms with Crippen molar-refractivity contribution in [2.45, 2.75) is 31.6 Å². The highest BCUT2D eigenvalue weighted by Crippen LogP contribution is 2.23. The van der Waals surface area contributed by atoms with Crippen molar-refractivity contribution >= 4 is 27.5 Å². The van der Waals surface area contributed by atoms with Gasteiger partial charge in [-0.1, -0.05) is 24.3 Å². The quantitative estimate of drug-likeness (QED) is 0.783. The summed E-state index contributed by atoms with van der Waals surface area (Å²) >= 11 is 0. The van der Waals surface area contributed by atoms with E-state index in [1.807, 2.05) is 44.0 Å². The van der Waals surface area contributed by atoms with Gasteiger partial charge in [-0.05, 0) is 49.6 Å². The van der Waals surface area contributed by atoms with Gasteiger partial charge < -0.3 is 15.0 Å². The molecule has 3 rings (SSSR count). The normalized spacial score (nSPS) is 15.6. The van der Waals surface area contributed by atoms with E-state index < -0.39 is 10.0 Å². The van der Waals surface area contributed by atoms with Gasteiger partial charge >= 0.3 is 0 Å². The molecule has 1 aliphatic heterocycles. The van der Waals surface area contributed by atoms with E-state index in [9.17, 15) is 13.2 Å². The summed E-state index contributed by atoms with van der Waals surface area (Å²) in [6, 6.07) is 11.8. The molecular weight excluding hydrogens is 390 g/mol. The van der Waals surface area contributed by atoms with Crippen LogP contribution in [-0.4, -0.2) is 45.3 Å². The summed E-state index contributed by atoms with van der Waals surface area (Å²) in [5.74, 6) is 0.862. The summed E-state index contributed by atoms with van der Waals surface area (Å²) in [7, 11) is -2.01. The number of aryl methyl sites for hydroxylation is 2. The Bertz CT molecular complexity index is 1030. The third kappa shape index (κ3) is 5.14. The van der Waals surface area contributed by atoms with Gasteiger partial charge in [0.25, 0.3) is 15.9 Å². The zero-order valence-electron chi connectivity index (χ0n) is 16.8. The van der Waals surface area contributed by atoms with Crippen LogP contribution in [0, 0.1) is 13.8 Å². The molecule has 154 valence electrons. The van der Waals surface area contributed by atoms with Gasteiger partial charge in [0.05, 0.1) is 4.90 Å². The maximum Gasteiger partial charge on any atom is 0.284 e. The molecule has 29 heavy (non-hydrogen) atoms. The fraction of sp³-hybridized carbons (Fsp3) is 0.333. The molecule has 7 nitrogen and oxygen atoms in total. The van der Waals surface area contributed by atoms with Crippen molar-refractivity contribution in [3.8, 4) is 5.75 Å². The minimum Gasteiger partial charge on any atom is -0.483 e. The second-order valence-corrected chi connectivity index (χ2v) is 8.70. The minimum atomic E-state index is -3.84. The van der Waals surface area contributed by atoms with Gasteiger partial charge in [0.2, 0.25) is 0 Å². The number of likely N-dealkylation sites (tertiary alicyclic amines) is 1. The highest BCUT2D eigenvalue weighted by molar-refractivity contribution is 7.90. The molecule has 1 fully saturated rings. The maximum atomic E-state index is 12.6. The first-order valence-electron chi connectivity index (χ1n) is 9.40. The molecule has 0 aliphatic carbocycles. The fourth-order valence-electron chi connectivity index (χ4n) is 3.20. The Kier molecular flexibility index (Phi) is 6.22. The summed E-state index contributed by atoms with van der Waals surface area (Å²) in [5.41, 5.74) is 2.27. The van der Waals surface area contributed by atoms with Gasteiger partial charge in [0, 0.05) is 25.7 Å². The molecule has 2 aromatic rings. The van der Waals surface area contributed by atoms with Crippen LogP contribution in [-0.2, 0) is 14.8 Å². The number of carbonyl (C=O) groups excluding carboxylic acids is 1. The van der Waals surface area contributed by atoms with E-state index in [-0.39, 0.29) is 17.4 Å². The first-order valence-corrected chi connectivity index (χ1v) is 10.8.